The molecule has 0 unspecified atom stereocenters. The Bertz CT molecular complexity index is 197. The minimum Gasteiger partial charge on any atom is -0.317 e. The first-order valence-electron chi connectivity index (χ1n) is 7.03. The zero-order valence-electron chi connectivity index (χ0n) is 12.1. The maximum Gasteiger partial charge on any atom is 0.0220 e. The van der Waals surface area contributed by atoms with E-state index < -0.39 is 0 Å². The second kappa shape index (κ2) is 7.01. The summed E-state index contributed by atoms with van der Waals surface area (Å²) in [7, 11) is 1.94. The summed E-state index contributed by atoms with van der Waals surface area (Å²) in [6.07, 6.45) is 8.95. The van der Waals surface area contributed by atoms with Crippen LogP contribution < -0.4 is 10.0 Å². The highest BCUT2D eigenvalue weighted by Gasteiger charge is 2.34. The van der Waals surface area contributed by atoms with E-state index in [-0.39, 0.29) is 0 Å². The lowest BCUT2D eigenvalue weighted by Crippen LogP contribution is -2.34. The van der Waals surface area contributed by atoms with Crippen molar-refractivity contribution in [1.29, 1.82) is 0 Å². The quantitative estimate of drug-likeness (QED) is 0.703. The Hall–Kier alpha value is 0.270. The number of hydrogen-bond donors (Lipinski definition) is 2. The topological polar surface area (TPSA) is 24.1 Å². The van der Waals surface area contributed by atoms with Crippen LogP contribution in [0, 0.1) is 5.41 Å². The molecule has 1 saturated carbocycles. The second-order valence-electron chi connectivity index (χ2n) is 6.38. The molecular formula is C14H30N2S. The molecule has 0 amide bonds. The van der Waals surface area contributed by atoms with Crippen molar-refractivity contribution in [3.05, 3.63) is 0 Å². The molecule has 3 heteroatoms. The number of piperidine rings is 1. The van der Waals surface area contributed by atoms with Crippen LogP contribution in [0.25, 0.3) is 0 Å². The number of nitrogens with one attached hydrogen (secondary N) is 2. The van der Waals surface area contributed by atoms with Crippen LogP contribution in [-0.4, -0.2) is 24.9 Å². The van der Waals surface area contributed by atoms with E-state index in [2.05, 4.69) is 30.8 Å². The van der Waals surface area contributed by atoms with Crippen molar-refractivity contribution in [3.8, 4) is 0 Å². The summed E-state index contributed by atoms with van der Waals surface area (Å²) < 4.78 is 3.38. The molecule has 0 radical (unpaired) electrons. The third-order valence-corrected chi connectivity index (χ3v) is 4.55. The molecule has 1 heterocycles. The van der Waals surface area contributed by atoms with E-state index in [0.717, 1.165) is 5.41 Å². The van der Waals surface area contributed by atoms with E-state index in [4.69, 9.17) is 0 Å². The average Bonchev–Trinajstić information content (AvgIpc) is 2.67. The normalized spacial score (nSPS) is 23.3. The van der Waals surface area contributed by atoms with Gasteiger partial charge >= 0.3 is 0 Å². The highest BCUT2D eigenvalue weighted by atomic mass is 32.2. The molecule has 2 N–H and O–H groups in total. The van der Waals surface area contributed by atoms with Crippen LogP contribution in [0.3, 0.4) is 0 Å². The molecule has 2 rings (SSSR count). The predicted molar refractivity (Wildman–Crippen MR) is 79.4 cm³/mol. The molecule has 0 aromatic rings. The van der Waals surface area contributed by atoms with E-state index in [9.17, 15) is 0 Å². The molecule has 1 saturated heterocycles. The van der Waals surface area contributed by atoms with E-state index in [1.165, 1.54) is 51.6 Å². The first kappa shape index (κ1) is 15.3. The highest BCUT2D eigenvalue weighted by Crippen LogP contribution is 2.44. The predicted octanol–water partition coefficient (Wildman–Crippen LogP) is 3.58. The fourth-order valence-electron chi connectivity index (χ4n) is 2.89. The van der Waals surface area contributed by atoms with E-state index in [1.54, 1.807) is 11.9 Å². The maximum absolute atomic E-state index is 3.44. The molecule has 2 nitrogen and oxygen atoms in total. The van der Waals surface area contributed by atoms with Gasteiger partial charge in [-0.15, -0.1) is 0 Å². The SMILES string of the molecule is C1CCC2(C1)CCNCC2.CNSC(C)(C)C. The minimum absolute atomic E-state index is 0.356. The lowest BCUT2D eigenvalue weighted by Gasteiger charge is -2.33. The van der Waals surface area contributed by atoms with Gasteiger partial charge in [0, 0.05) is 4.75 Å². The molecule has 2 fully saturated rings. The lowest BCUT2D eigenvalue weighted by molar-refractivity contribution is 0.210. The summed E-state index contributed by atoms with van der Waals surface area (Å²) >= 11 is 1.74. The number of rotatable bonds is 1. The third kappa shape index (κ3) is 6.12. The molecule has 1 spiro atoms. The summed E-state index contributed by atoms with van der Waals surface area (Å²) in [5.41, 5.74) is 0.811. The maximum atomic E-state index is 3.44. The molecule has 1 aliphatic heterocycles. The van der Waals surface area contributed by atoms with Gasteiger partial charge in [0.05, 0.1) is 0 Å². The summed E-state index contributed by atoms with van der Waals surface area (Å²) in [6.45, 7) is 9.08. The van der Waals surface area contributed by atoms with Crippen molar-refractivity contribution < 1.29 is 0 Å². The lowest BCUT2D eigenvalue weighted by atomic mass is 9.78. The monoisotopic (exact) mass is 258 g/mol. The van der Waals surface area contributed by atoms with Gasteiger partial charge in [-0.2, -0.15) is 0 Å². The first-order chi connectivity index (χ1) is 7.97. The van der Waals surface area contributed by atoms with Gasteiger partial charge in [0.1, 0.15) is 0 Å². The molecule has 102 valence electrons. The Morgan fingerprint density at radius 2 is 1.53 bits per heavy atom. The van der Waals surface area contributed by atoms with Crippen LogP contribution in [0.1, 0.15) is 59.3 Å². The average molecular weight is 258 g/mol. The van der Waals surface area contributed by atoms with Crippen molar-refractivity contribution in [3.63, 3.8) is 0 Å². The molecule has 0 aromatic heterocycles. The van der Waals surface area contributed by atoms with Gasteiger partial charge in [0.15, 0.2) is 0 Å². The Balaban J connectivity index is 0.000000185. The van der Waals surface area contributed by atoms with Crippen LogP contribution in [0.2, 0.25) is 0 Å². The fraction of sp³-hybridized carbons (Fsp3) is 1.00. The Kier molecular flexibility index (Phi) is 6.32. The van der Waals surface area contributed by atoms with Gasteiger partial charge in [-0.25, -0.2) is 0 Å². The molecule has 0 bridgehead atoms. The smallest absolute Gasteiger partial charge is 0.0220 e. The van der Waals surface area contributed by atoms with Gasteiger partial charge in [-0.1, -0.05) is 24.8 Å². The van der Waals surface area contributed by atoms with E-state index in [1.807, 2.05) is 7.05 Å². The van der Waals surface area contributed by atoms with Crippen LogP contribution in [0.15, 0.2) is 0 Å². The highest BCUT2D eigenvalue weighted by molar-refractivity contribution is 7.98. The number of hydrogen-bond acceptors (Lipinski definition) is 3. The van der Waals surface area contributed by atoms with Crippen molar-refractivity contribution >= 4 is 11.9 Å². The molecule has 0 aromatic carbocycles. The molecule has 2 aliphatic rings. The van der Waals surface area contributed by atoms with Crippen LogP contribution in [-0.2, 0) is 0 Å². The first-order valence-corrected chi connectivity index (χ1v) is 7.85. The van der Waals surface area contributed by atoms with Crippen molar-refractivity contribution in [2.75, 3.05) is 20.1 Å². The van der Waals surface area contributed by atoms with Gasteiger partial charge in [0.25, 0.3) is 0 Å². The van der Waals surface area contributed by atoms with Crippen LogP contribution in [0.4, 0.5) is 0 Å². The summed E-state index contributed by atoms with van der Waals surface area (Å²) in [4.78, 5) is 0. The van der Waals surface area contributed by atoms with Gasteiger partial charge in [0.2, 0.25) is 0 Å². The van der Waals surface area contributed by atoms with Crippen LogP contribution >= 0.6 is 11.9 Å². The van der Waals surface area contributed by atoms with E-state index >= 15 is 0 Å². The Morgan fingerprint density at radius 1 is 1.00 bits per heavy atom. The summed E-state index contributed by atoms with van der Waals surface area (Å²) in [5, 5.41) is 3.44. The zero-order chi connectivity index (χ0) is 12.8. The summed E-state index contributed by atoms with van der Waals surface area (Å²) in [5.74, 6) is 0. The molecule has 0 atom stereocenters. The molecule has 1 aliphatic carbocycles. The van der Waals surface area contributed by atoms with Crippen molar-refractivity contribution in [2.24, 2.45) is 5.41 Å². The molecule has 17 heavy (non-hydrogen) atoms. The van der Waals surface area contributed by atoms with Gasteiger partial charge in [-0.05, 0) is 72.0 Å². The zero-order valence-corrected chi connectivity index (χ0v) is 12.9. The summed E-state index contributed by atoms with van der Waals surface area (Å²) in [6, 6.07) is 0. The van der Waals surface area contributed by atoms with Gasteiger partial charge in [-0.3, -0.25) is 4.72 Å². The van der Waals surface area contributed by atoms with Crippen molar-refractivity contribution in [2.45, 2.75) is 64.0 Å². The Morgan fingerprint density at radius 3 is 1.88 bits per heavy atom. The van der Waals surface area contributed by atoms with Crippen LogP contribution in [0.5, 0.6) is 0 Å². The fourth-order valence-corrected chi connectivity index (χ4v) is 3.50. The standard InChI is InChI=1S/C9H17N.C5H13NS/c1-2-4-9(3-1)5-7-10-8-6-9;1-5(2,3)7-6-4/h10H,1-8H2;6H,1-4H3. The second-order valence-corrected chi connectivity index (χ2v) is 8.21. The Labute approximate surface area is 112 Å². The van der Waals surface area contributed by atoms with E-state index in [0.29, 0.717) is 4.75 Å². The largest absolute Gasteiger partial charge is 0.317 e. The minimum atomic E-state index is 0.356. The third-order valence-electron chi connectivity index (χ3n) is 3.74. The molecular weight excluding hydrogens is 228 g/mol. The van der Waals surface area contributed by atoms with Gasteiger partial charge < -0.3 is 5.32 Å². The van der Waals surface area contributed by atoms with Crippen molar-refractivity contribution in [1.82, 2.24) is 10.0 Å².